The van der Waals surface area contributed by atoms with Crippen LogP contribution in [0.5, 0.6) is 5.75 Å². The van der Waals surface area contributed by atoms with E-state index < -0.39 is 4.92 Å². The van der Waals surface area contributed by atoms with E-state index >= 15 is 0 Å². The molecule has 86 valence electrons. The highest BCUT2D eigenvalue weighted by molar-refractivity contribution is 14.1. The third-order valence-electron chi connectivity index (χ3n) is 2.38. The smallest absolute Gasteiger partial charge is 0.311 e. The summed E-state index contributed by atoms with van der Waals surface area (Å²) in [7, 11) is 1.37. The van der Waals surface area contributed by atoms with E-state index in [9.17, 15) is 10.1 Å². The molecule has 1 aromatic heterocycles. The van der Waals surface area contributed by atoms with E-state index in [4.69, 9.17) is 10.00 Å². The van der Waals surface area contributed by atoms with Gasteiger partial charge in [0.25, 0.3) is 0 Å². The molecule has 0 radical (unpaired) electrons. The maximum Gasteiger partial charge on any atom is 0.311 e. The minimum absolute atomic E-state index is 0.140. The Morgan fingerprint density at radius 3 is 2.82 bits per heavy atom. The normalized spacial score (nSPS) is 10.2. The van der Waals surface area contributed by atoms with Gasteiger partial charge in [-0.3, -0.25) is 12.9 Å². The molecule has 0 aliphatic rings. The van der Waals surface area contributed by atoms with Gasteiger partial charge in [-0.1, -0.05) is 0 Å². The van der Waals surface area contributed by atoms with Gasteiger partial charge in [-0.2, -0.15) is 5.26 Å². The maximum atomic E-state index is 10.9. The van der Waals surface area contributed by atoms with Crippen LogP contribution < -0.4 is 4.74 Å². The van der Waals surface area contributed by atoms with Crippen LogP contribution in [0, 0.1) is 21.4 Å². The van der Waals surface area contributed by atoms with Crippen LogP contribution in [0.4, 0.5) is 5.69 Å². The summed E-state index contributed by atoms with van der Waals surface area (Å²) in [5, 5.41) is 20.4. The average molecular weight is 343 g/mol. The van der Waals surface area contributed by atoms with Crippen LogP contribution in [0.3, 0.4) is 0 Å². The summed E-state index contributed by atoms with van der Waals surface area (Å²) in [5.74, 6) is 0.183. The zero-order valence-electron chi connectivity index (χ0n) is 8.68. The van der Waals surface area contributed by atoms with E-state index in [0.29, 0.717) is 16.5 Å². The van der Waals surface area contributed by atoms with Crippen LogP contribution in [0.1, 0.15) is 5.56 Å². The highest BCUT2D eigenvalue weighted by Crippen LogP contribution is 2.34. The molecule has 17 heavy (non-hydrogen) atoms. The van der Waals surface area contributed by atoms with E-state index in [1.165, 1.54) is 13.2 Å². The number of rotatable bonds is 2. The Kier molecular flexibility index (Phi) is 2.89. The molecular weight excluding hydrogens is 337 g/mol. The molecule has 1 aromatic carbocycles. The van der Waals surface area contributed by atoms with Gasteiger partial charge in [-0.15, -0.1) is 0 Å². The Morgan fingerprint density at radius 2 is 2.29 bits per heavy atom. The lowest BCUT2D eigenvalue weighted by atomic mass is 10.1. The summed E-state index contributed by atoms with van der Waals surface area (Å²) in [6, 6.07) is 4.92. The summed E-state index contributed by atoms with van der Waals surface area (Å²) < 4.78 is 6.68. The Balaban J connectivity index is 2.86. The number of ether oxygens (including phenoxy) is 1. The zero-order chi connectivity index (χ0) is 12.6. The predicted octanol–water partition coefficient (Wildman–Crippen LogP) is 2.63. The van der Waals surface area contributed by atoms with Crippen molar-refractivity contribution in [3.8, 4) is 11.8 Å². The van der Waals surface area contributed by atoms with E-state index in [1.54, 1.807) is 15.0 Å². The van der Waals surface area contributed by atoms with Crippen LogP contribution in [0.2, 0.25) is 0 Å². The molecule has 7 heteroatoms. The molecule has 1 heterocycles. The topological polar surface area (TPSA) is 81.1 Å². The number of nitriles is 1. The fourth-order valence-electron chi connectivity index (χ4n) is 1.60. The van der Waals surface area contributed by atoms with Gasteiger partial charge in [0.2, 0.25) is 0 Å². The Labute approximate surface area is 110 Å². The largest absolute Gasteiger partial charge is 0.490 e. The molecular formula is C10H6IN3O3. The van der Waals surface area contributed by atoms with Crippen LogP contribution in [0.25, 0.3) is 10.9 Å². The van der Waals surface area contributed by atoms with Crippen molar-refractivity contribution in [3.63, 3.8) is 0 Å². The van der Waals surface area contributed by atoms with Gasteiger partial charge in [0, 0.05) is 23.7 Å². The summed E-state index contributed by atoms with van der Waals surface area (Å²) in [6.45, 7) is 0. The molecule has 0 saturated heterocycles. The fraction of sp³-hybridized carbons (Fsp3) is 0.100. The molecule has 0 bridgehead atoms. The standard InChI is InChI=1S/C10H6IN3O3/c1-17-10-3-8-7(2-9(10)14(15)16)6(4-12)5-13(8)11/h2-3,5H,1H3. The van der Waals surface area contributed by atoms with E-state index in [1.807, 2.05) is 28.9 Å². The third-order valence-corrected chi connectivity index (χ3v) is 3.18. The van der Waals surface area contributed by atoms with Gasteiger partial charge in [-0.05, 0) is 0 Å². The predicted molar refractivity (Wildman–Crippen MR) is 69.3 cm³/mol. The molecule has 0 unspecified atom stereocenters. The van der Waals surface area contributed by atoms with Gasteiger partial charge in [0.15, 0.2) is 5.75 Å². The van der Waals surface area contributed by atoms with Crippen molar-refractivity contribution in [2.75, 3.05) is 7.11 Å². The molecule has 0 aliphatic carbocycles. The lowest BCUT2D eigenvalue weighted by Crippen LogP contribution is -1.94. The number of benzene rings is 1. The lowest BCUT2D eigenvalue weighted by molar-refractivity contribution is -0.385. The van der Waals surface area contributed by atoms with Crippen molar-refractivity contribution < 1.29 is 9.66 Å². The van der Waals surface area contributed by atoms with Crippen LogP contribution in [-0.2, 0) is 0 Å². The van der Waals surface area contributed by atoms with Crippen LogP contribution in [0.15, 0.2) is 18.3 Å². The second kappa shape index (κ2) is 4.21. The summed E-state index contributed by atoms with van der Waals surface area (Å²) in [6.07, 6.45) is 1.62. The average Bonchev–Trinajstić information content (AvgIpc) is 2.64. The number of nitro benzene ring substituents is 1. The van der Waals surface area contributed by atoms with Crippen LogP contribution in [-0.4, -0.2) is 14.8 Å². The van der Waals surface area contributed by atoms with Crippen molar-refractivity contribution in [2.45, 2.75) is 0 Å². The number of fused-ring (bicyclic) bond motifs is 1. The highest BCUT2D eigenvalue weighted by Gasteiger charge is 2.19. The van der Waals surface area contributed by atoms with Crippen molar-refractivity contribution in [2.24, 2.45) is 0 Å². The molecule has 0 amide bonds. The summed E-state index contributed by atoms with van der Waals surface area (Å²) in [4.78, 5) is 10.3. The second-order valence-corrected chi connectivity index (χ2v) is 4.30. The van der Waals surface area contributed by atoms with Crippen molar-refractivity contribution in [1.29, 1.82) is 5.26 Å². The fourth-order valence-corrected chi connectivity index (χ4v) is 2.28. The minimum atomic E-state index is -0.524. The lowest BCUT2D eigenvalue weighted by Gasteiger charge is -2.02. The molecule has 0 spiro atoms. The number of methoxy groups -OCH3 is 1. The quantitative estimate of drug-likeness (QED) is 0.477. The first-order valence-electron chi connectivity index (χ1n) is 4.52. The number of hydrogen-bond acceptors (Lipinski definition) is 4. The minimum Gasteiger partial charge on any atom is -0.490 e. The van der Waals surface area contributed by atoms with Crippen molar-refractivity contribution >= 4 is 39.5 Å². The molecule has 0 fully saturated rings. The SMILES string of the molecule is COc1cc2c(cc1[N+](=O)[O-])c(C#N)cn2I. The summed E-state index contributed by atoms with van der Waals surface area (Å²) >= 11 is 2.00. The number of hydrogen-bond donors (Lipinski definition) is 0. The van der Waals surface area contributed by atoms with Gasteiger partial charge in [0.1, 0.15) is 6.07 Å². The van der Waals surface area contributed by atoms with Crippen molar-refractivity contribution in [1.82, 2.24) is 2.78 Å². The Bertz CT molecular complexity index is 657. The first-order chi connectivity index (χ1) is 8.08. The Morgan fingerprint density at radius 1 is 1.59 bits per heavy atom. The number of nitro groups is 1. The number of halogens is 1. The molecule has 0 aliphatic heterocycles. The number of aromatic nitrogens is 1. The van der Waals surface area contributed by atoms with E-state index in [0.717, 1.165) is 0 Å². The molecule has 2 rings (SSSR count). The second-order valence-electron chi connectivity index (χ2n) is 3.26. The maximum absolute atomic E-state index is 10.9. The molecule has 0 saturated carbocycles. The molecule has 0 N–H and O–H groups in total. The first-order valence-corrected chi connectivity index (χ1v) is 5.48. The Hall–Kier alpha value is -1.82. The van der Waals surface area contributed by atoms with Gasteiger partial charge >= 0.3 is 5.69 Å². The molecule has 6 nitrogen and oxygen atoms in total. The van der Waals surface area contributed by atoms with Gasteiger partial charge in [-0.25, -0.2) is 0 Å². The van der Waals surface area contributed by atoms with Crippen molar-refractivity contribution in [3.05, 3.63) is 34.0 Å². The van der Waals surface area contributed by atoms with E-state index in [-0.39, 0.29) is 11.4 Å². The molecule has 2 aromatic rings. The van der Waals surface area contributed by atoms with Crippen LogP contribution >= 0.6 is 22.9 Å². The van der Waals surface area contributed by atoms with E-state index in [2.05, 4.69) is 0 Å². The zero-order valence-corrected chi connectivity index (χ0v) is 10.8. The van der Waals surface area contributed by atoms with Gasteiger partial charge < -0.3 is 4.74 Å². The number of nitrogens with zero attached hydrogens (tertiary/aromatic N) is 3. The first kappa shape index (κ1) is 11.7. The monoisotopic (exact) mass is 343 g/mol. The summed E-state index contributed by atoms with van der Waals surface area (Å²) in [5.41, 5.74) is 0.976. The third kappa shape index (κ3) is 1.80. The molecule has 0 atom stereocenters. The highest BCUT2D eigenvalue weighted by atomic mass is 127. The van der Waals surface area contributed by atoms with Gasteiger partial charge in [0.05, 0.1) is 46.0 Å².